The summed E-state index contributed by atoms with van der Waals surface area (Å²) in [5.41, 5.74) is 0. The molecule has 1 saturated carbocycles. The fourth-order valence-electron chi connectivity index (χ4n) is 1.45. The van der Waals surface area contributed by atoms with Crippen LogP contribution < -0.4 is 0 Å². The normalized spacial score (nSPS) is 25.2. The van der Waals surface area contributed by atoms with Gasteiger partial charge in [0.2, 0.25) is 0 Å². The summed E-state index contributed by atoms with van der Waals surface area (Å²) in [5, 5.41) is 9.82. The Hall–Kier alpha value is 0.390. The molecule has 0 aliphatic heterocycles. The monoisotopic (exact) mass is 270 g/mol. The second-order valence-corrected chi connectivity index (χ2v) is 7.91. The van der Waals surface area contributed by atoms with Gasteiger partial charge in [-0.1, -0.05) is 22.9 Å². The molecule has 2 atom stereocenters. The van der Waals surface area contributed by atoms with E-state index in [-0.39, 0.29) is 5.92 Å². The minimum absolute atomic E-state index is 0.161. The third-order valence-electron chi connectivity index (χ3n) is 2.61. The molecular weight excluding hydrogens is 256 g/mol. The molecule has 13 heavy (non-hydrogen) atoms. The summed E-state index contributed by atoms with van der Waals surface area (Å²) in [6.45, 7) is 1.77. The van der Waals surface area contributed by atoms with E-state index in [0.717, 1.165) is 19.1 Å². The fraction of sp³-hybridized carbons (Fsp3) is 1.00. The molecule has 1 aliphatic rings. The Labute approximate surface area is 87.6 Å². The number of rotatable bonds is 4. The quantitative estimate of drug-likeness (QED) is 0.784. The Bertz CT molecular complexity index is 284. The second-order valence-electron chi connectivity index (χ2n) is 3.69. The van der Waals surface area contributed by atoms with Crippen LogP contribution in [0.25, 0.3) is 0 Å². The molecule has 1 N–H and O–H groups in total. The highest BCUT2D eigenvalue weighted by Gasteiger charge is 2.49. The molecule has 0 amide bonds. The molecule has 0 aromatic heterocycles. The Balaban J connectivity index is 2.91. The third-order valence-corrected chi connectivity index (χ3v) is 7.17. The van der Waals surface area contributed by atoms with E-state index in [1.807, 2.05) is 0 Å². The van der Waals surface area contributed by atoms with Crippen LogP contribution in [0.2, 0.25) is 0 Å². The van der Waals surface area contributed by atoms with E-state index in [1.165, 1.54) is 0 Å². The number of aliphatic hydroxyl groups excluding tert-OH is 1. The van der Waals surface area contributed by atoms with Gasteiger partial charge in [0, 0.05) is 6.26 Å². The lowest BCUT2D eigenvalue weighted by molar-refractivity contribution is 0.135. The molecule has 0 radical (unpaired) electrons. The van der Waals surface area contributed by atoms with Crippen LogP contribution in [0.15, 0.2) is 0 Å². The van der Waals surface area contributed by atoms with E-state index in [4.69, 9.17) is 0 Å². The maximum absolute atomic E-state index is 11.5. The van der Waals surface area contributed by atoms with E-state index < -0.39 is 19.6 Å². The van der Waals surface area contributed by atoms with Crippen LogP contribution in [0.5, 0.6) is 0 Å². The minimum atomic E-state index is -3.25. The Morgan fingerprint density at radius 1 is 1.62 bits per heavy atom. The molecule has 5 heteroatoms. The van der Waals surface area contributed by atoms with Crippen molar-refractivity contribution in [2.24, 2.45) is 5.92 Å². The van der Waals surface area contributed by atoms with E-state index in [1.54, 1.807) is 6.92 Å². The van der Waals surface area contributed by atoms with Crippen molar-refractivity contribution in [3.05, 3.63) is 0 Å². The zero-order valence-electron chi connectivity index (χ0n) is 7.83. The lowest BCUT2D eigenvalue weighted by Gasteiger charge is -2.29. The van der Waals surface area contributed by atoms with Crippen LogP contribution in [0.1, 0.15) is 26.2 Å². The van der Waals surface area contributed by atoms with Crippen LogP contribution in [0.3, 0.4) is 0 Å². The predicted molar refractivity (Wildman–Crippen MR) is 55.5 cm³/mol. The average Bonchev–Trinajstić information content (AvgIpc) is 2.81. The molecule has 1 rings (SSSR count). The molecule has 0 saturated heterocycles. The lowest BCUT2D eigenvalue weighted by Crippen LogP contribution is -2.44. The maximum Gasteiger partial charge on any atom is 0.165 e. The predicted octanol–water partition coefficient (Wildman–Crippen LogP) is 1.30. The number of halogens is 1. The first-order chi connectivity index (χ1) is 5.83. The van der Waals surface area contributed by atoms with Crippen LogP contribution in [0.4, 0.5) is 0 Å². The van der Waals surface area contributed by atoms with Crippen LogP contribution in [-0.2, 0) is 9.84 Å². The molecule has 1 aliphatic carbocycles. The smallest absolute Gasteiger partial charge is 0.165 e. The molecule has 0 unspecified atom stereocenters. The zero-order valence-corrected chi connectivity index (χ0v) is 10.2. The molecule has 1 fully saturated rings. The van der Waals surface area contributed by atoms with Gasteiger partial charge in [-0.15, -0.1) is 0 Å². The van der Waals surface area contributed by atoms with Crippen molar-refractivity contribution in [2.45, 2.75) is 35.9 Å². The number of sulfone groups is 1. The van der Waals surface area contributed by atoms with Crippen molar-refractivity contribution in [2.75, 3.05) is 6.26 Å². The first kappa shape index (κ1) is 11.5. The summed E-state index contributed by atoms with van der Waals surface area (Å²) in [4.78, 5) is 0. The van der Waals surface area contributed by atoms with E-state index >= 15 is 0 Å². The van der Waals surface area contributed by atoms with Crippen molar-refractivity contribution in [3.8, 4) is 0 Å². The summed E-state index contributed by atoms with van der Waals surface area (Å²) in [6.07, 6.45) is 2.65. The van der Waals surface area contributed by atoms with Gasteiger partial charge >= 0.3 is 0 Å². The number of hydrogen-bond donors (Lipinski definition) is 1. The average molecular weight is 271 g/mol. The highest BCUT2D eigenvalue weighted by molar-refractivity contribution is 9.11. The van der Waals surface area contributed by atoms with Gasteiger partial charge in [0.05, 0.1) is 6.10 Å². The molecular formula is C8H15BrO3S. The van der Waals surface area contributed by atoms with Crippen molar-refractivity contribution in [1.82, 2.24) is 0 Å². The third kappa shape index (κ3) is 2.07. The molecule has 0 aromatic carbocycles. The van der Waals surface area contributed by atoms with Gasteiger partial charge in [0.15, 0.2) is 13.5 Å². The molecule has 0 heterocycles. The van der Waals surface area contributed by atoms with Gasteiger partial charge in [-0.25, -0.2) is 8.42 Å². The summed E-state index contributed by atoms with van der Waals surface area (Å²) >= 11 is 3.17. The lowest BCUT2D eigenvalue weighted by atomic mass is 10.1. The first-order valence-electron chi connectivity index (χ1n) is 4.39. The van der Waals surface area contributed by atoms with Gasteiger partial charge in [0.1, 0.15) is 0 Å². The first-order valence-corrected chi connectivity index (χ1v) is 7.08. The zero-order chi connectivity index (χ0) is 10.3. The fourth-order valence-corrected chi connectivity index (χ4v) is 2.98. The van der Waals surface area contributed by atoms with Gasteiger partial charge in [0.25, 0.3) is 0 Å². The highest BCUT2D eigenvalue weighted by Crippen LogP contribution is 2.44. The van der Waals surface area contributed by atoms with Gasteiger partial charge in [-0.3, -0.25) is 0 Å². The Morgan fingerprint density at radius 3 is 2.31 bits per heavy atom. The van der Waals surface area contributed by atoms with E-state index in [2.05, 4.69) is 15.9 Å². The second kappa shape index (κ2) is 3.51. The summed E-state index contributed by atoms with van der Waals surface area (Å²) < 4.78 is 21.8. The van der Waals surface area contributed by atoms with Gasteiger partial charge in [-0.05, 0) is 25.2 Å². The number of aliphatic hydroxyl groups is 1. The number of hydrogen-bond acceptors (Lipinski definition) is 3. The Morgan fingerprint density at radius 2 is 2.08 bits per heavy atom. The highest BCUT2D eigenvalue weighted by atomic mass is 79.9. The van der Waals surface area contributed by atoms with Gasteiger partial charge in [-0.2, -0.15) is 0 Å². The van der Waals surface area contributed by atoms with E-state index in [9.17, 15) is 13.5 Å². The van der Waals surface area contributed by atoms with Crippen molar-refractivity contribution in [3.63, 3.8) is 0 Å². The molecule has 0 aromatic rings. The maximum atomic E-state index is 11.5. The standard InChI is InChI=1S/C8H15BrO3S/c1-3-8(9,13(2,11)12)7(10)6-4-5-6/h6-7,10H,3-5H2,1-2H3/t7-,8-/m0/s1. The minimum Gasteiger partial charge on any atom is -0.390 e. The molecule has 0 bridgehead atoms. The van der Waals surface area contributed by atoms with Crippen molar-refractivity contribution < 1.29 is 13.5 Å². The van der Waals surface area contributed by atoms with Gasteiger partial charge < -0.3 is 5.11 Å². The summed E-state index contributed by atoms with van der Waals surface area (Å²) in [7, 11) is -3.25. The van der Waals surface area contributed by atoms with Crippen LogP contribution in [-0.4, -0.2) is 29.5 Å². The van der Waals surface area contributed by atoms with Crippen LogP contribution in [0, 0.1) is 5.92 Å². The Kier molecular flexibility index (Phi) is 3.10. The largest absolute Gasteiger partial charge is 0.390 e. The van der Waals surface area contributed by atoms with Crippen LogP contribution >= 0.6 is 15.9 Å². The summed E-state index contributed by atoms with van der Waals surface area (Å²) in [5.74, 6) is 0.161. The molecule has 0 spiro atoms. The van der Waals surface area contributed by atoms with E-state index in [0.29, 0.717) is 6.42 Å². The van der Waals surface area contributed by atoms with Crippen molar-refractivity contribution in [1.29, 1.82) is 0 Å². The molecule has 78 valence electrons. The SMILES string of the molecule is CC[C@@](Br)([C@@H](O)C1CC1)S(C)(=O)=O. The van der Waals surface area contributed by atoms with Crippen molar-refractivity contribution >= 4 is 25.8 Å². The molecule has 3 nitrogen and oxygen atoms in total. The summed E-state index contributed by atoms with van der Waals surface area (Å²) in [6, 6.07) is 0. The number of alkyl halides is 1. The topological polar surface area (TPSA) is 54.4 Å².